The van der Waals surface area contributed by atoms with Gasteiger partial charge >= 0.3 is 0 Å². The van der Waals surface area contributed by atoms with Gasteiger partial charge in [0.1, 0.15) is 0 Å². The number of hydrogen-bond donors (Lipinski definition) is 1. The molecule has 7 heteroatoms. The summed E-state index contributed by atoms with van der Waals surface area (Å²) >= 11 is 1.66. The van der Waals surface area contributed by atoms with Crippen molar-refractivity contribution < 1.29 is 13.2 Å². The minimum atomic E-state index is -3.59. The van der Waals surface area contributed by atoms with Crippen molar-refractivity contribution in [1.29, 1.82) is 0 Å². The van der Waals surface area contributed by atoms with Crippen LogP contribution in [0, 0.1) is 13.8 Å². The third-order valence-electron chi connectivity index (χ3n) is 4.86. The minimum Gasteiger partial charge on any atom is -0.335 e. The summed E-state index contributed by atoms with van der Waals surface area (Å²) in [6, 6.07) is 9.25. The van der Waals surface area contributed by atoms with E-state index >= 15 is 0 Å². The molecular formula is C19H24N2O3S2. The van der Waals surface area contributed by atoms with Crippen molar-refractivity contribution >= 4 is 27.3 Å². The topological polar surface area (TPSA) is 66.5 Å². The molecule has 1 aromatic carbocycles. The average Bonchev–Trinajstić information content (AvgIpc) is 3.27. The van der Waals surface area contributed by atoms with Gasteiger partial charge in [-0.05, 0) is 61.4 Å². The van der Waals surface area contributed by atoms with E-state index in [1.54, 1.807) is 29.5 Å². The minimum absolute atomic E-state index is 0.00341. The van der Waals surface area contributed by atoms with E-state index in [4.69, 9.17) is 0 Å². The summed E-state index contributed by atoms with van der Waals surface area (Å²) in [6.07, 6.45) is 2.13. The molecule has 1 fully saturated rings. The molecule has 0 bridgehead atoms. The van der Waals surface area contributed by atoms with E-state index in [1.165, 1.54) is 4.88 Å². The fourth-order valence-corrected chi connectivity index (χ4v) is 5.23. The van der Waals surface area contributed by atoms with Crippen molar-refractivity contribution in [2.75, 3.05) is 13.1 Å². The Kier molecular flexibility index (Phi) is 5.79. The standard InChI is InChI=1S/C19H24N2O3S2/c1-14-7-8-16(13-15(14)2)26(23,24)20-10-9-19(22)21-11-3-5-17(21)18-6-4-12-25-18/h4,6-8,12-13,17,20H,3,5,9-11H2,1-2H3. The molecule has 1 aromatic heterocycles. The molecule has 0 aliphatic carbocycles. The second-order valence-corrected chi connectivity index (χ2v) is 9.40. The zero-order chi connectivity index (χ0) is 18.7. The highest BCUT2D eigenvalue weighted by Crippen LogP contribution is 2.34. The Bertz CT molecular complexity index is 876. The first kappa shape index (κ1) is 19.1. The van der Waals surface area contributed by atoms with Gasteiger partial charge in [-0.3, -0.25) is 4.79 Å². The summed E-state index contributed by atoms with van der Waals surface area (Å²) in [5, 5.41) is 2.02. The van der Waals surface area contributed by atoms with Crippen LogP contribution in [0.25, 0.3) is 0 Å². The van der Waals surface area contributed by atoms with Gasteiger partial charge in [0.2, 0.25) is 15.9 Å². The third-order valence-corrected chi connectivity index (χ3v) is 7.30. The van der Waals surface area contributed by atoms with Crippen molar-refractivity contribution in [3.8, 4) is 0 Å². The number of nitrogens with one attached hydrogen (secondary N) is 1. The normalized spacial score (nSPS) is 17.6. The number of carbonyl (C=O) groups excluding carboxylic acids is 1. The van der Waals surface area contributed by atoms with E-state index in [9.17, 15) is 13.2 Å². The van der Waals surface area contributed by atoms with Crippen molar-refractivity contribution in [3.05, 3.63) is 51.7 Å². The Morgan fingerprint density at radius 1 is 1.27 bits per heavy atom. The zero-order valence-corrected chi connectivity index (χ0v) is 16.7. The molecule has 5 nitrogen and oxygen atoms in total. The lowest BCUT2D eigenvalue weighted by Crippen LogP contribution is -2.34. The van der Waals surface area contributed by atoms with Gasteiger partial charge in [0.15, 0.2) is 0 Å². The summed E-state index contributed by atoms with van der Waals surface area (Å²) in [7, 11) is -3.59. The molecule has 26 heavy (non-hydrogen) atoms. The number of nitrogens with zero attached hydrogens (tertiary/aromatic N) is 1. The number of likely N-dealkylation sites (tertiary alicyclic amines) is 1. The molecule has 1 N–H and O–H groups in total. The lowest BCUT2D eigenvalue weighted by atomic mass is 10.1. The molecule has 1 atom stereocenters. The SMILES string of the molecule is Cc1ccc(S(=O)(=O)NCCC(=O)N2CCCC2c2cccs2)cc1C. The monoisotopic (exact) mass is 392 g/mol. The molecule has 140 valence electrons. The van der Waals surface area contributed by atoms with Crippen LogP contribution in [0.2, 0.25) is 0 Å². The number of benzene rings is 1. The molecule has 1 saturated heterocycles. The van der Waals surface area contributed by atoms with Gasteiger partial charge in [0.05, 0.1) is 10.9 Å². The first-order chi connectivity index (χ1) is 12.4. The Morgan fingerprint density at radius 3 is 2.77 bits per heavy atom. The lowest BCUT2D eigenvalue weighted by molar-refractivity contribution is -0.131. The van der Waals surface area contributed by atoms with E-state index in [0.717, 1.165) is 30.5 Å². The van der Waals surface area contributed by atoms with Gasteiger partial charge in [-0.1, -0.05) is 12.1 Å². The molecule has 0 radical (unpaired) electrons. The van der Waals surface area contributed by atoms with Crippen LogP contribution in [0.3, 0.4) is 0 Å². The largest absolute Gasteiger partial charge is 0.335 e. The molecule has 3 rings (SSSR count). The van der Waals surface area contributed by atoms with E-state index in [1.807, 2.05) is 30.2 Å². The van der Waals surface area contributed by atoms with Gasteiger partial charge in [-0.2, -0.15) is 0 Å². The maximum atomic E-state index is 12.6. The molecule has 0 spiro atoms. The first-order valence-corrected chi connectivity index (χ1v) is 11.1. The summed E-state index contributed by atoms with van der Waals surface area (Å²) in [6.45, 7) is 4.68. The Hall–Kier alpha value is -1.70. The van der Waals surface area contributed by atoms with Crippen molar-refractivity contribution in [3.63, 3.8) is 0 Å². The van der Waals surface area contributed by atoms with Crippen LogP contribution < -0.4 is 4.72 Å². The Balaban J connectivity index is 1.58. The molecule has 2 heterocycles. The predicted octanol–water partition coefficient (Wildman–Crippen LogP) is 3.40. The number of hydrogen-bond acceptors (Lipinski definition) is 4. The highest BCUT2D eigenvalue weighted by molar-refractivity contribution is 7.89. The van der Waals surface area contributed by atoms with Gasteiger partial charge < -0.3 is 4.90 Å². The van der Waals surface area contributed by atoms with E-state index in [-0.39, 0.29) is 29.8 Å². The van der Waals surface area contributed by atoms with Gasteiger partial charge in [0, 0.05) is 24.4 Å². The highest BCUT2D eigenvalue weighted by atomic mass is 32.2. The van der Waals surface area contributed by atoms with Crippen LogP contribution in [0.1, 0.15) is 41.3 Å². The van der Waals surface area contributed by atoms with Crippen LogP contribution in [-0.2, 0) is 14.8 Å². The summed E-state index contributed by atoms with van der Waals surface area (Å²) in [5.41, 5.74) is 1.98. The molecule has 2 aromatic rings. The number of aryl methyl sites for hydroxylation is 2. The Labute approximate surface area is 159 Å². The molecule has 1 aliphatic rings. The average molecular weight is 393 g/mol. The maximum Gasteiger partial charge on any atom is 0.240 e. The molecule has 1 aliphatic heterocycles. The van der Waals surface area contributed by atoms with Crippen molar-refractivity contribution in [2.45, 2.75) is 44.0 Å². The highest BCUT2D eigenvalue weighted by Gasteiger charge is 2.30. The number of carbonyl (C=O) groups is 1. The van der Waals surface area contributed by atoms with Crippen LogP contribution in [-0.4, -0.2) is 32.3 Å². The Morgan fingerprint density at radius 2 is 2.08 bits per heavy atom. The number of amides is 1. The van der Waals surface area contributed by atoms with E-state index in [2.05, 4.69) is 10.8 Å². The number of sulfonamides is 1. The van der Waals surface area contributed by atoms with Crippen LogP contribution in [0.4, 0.5) is 0 Å². The first-order valence-electron chi connectivity index (χ1n) is 8.78. The zero-order valence-electron chi connectivity index (χ0n) is 15.1. The van der Waals surface area contributed by atoms with Crippen molar-refractivity contribution in [1.82, 2.24) is 9.62 Å². The second kappa shape index (κ2) is 7.90. The lowest BCUT2D eigenvalue weighted by Gasteiger charge is -2.24. The van der Waals surface area contributed by atoms with E-state index < -0.39 is 10.0 Å². The number of thiophene rings is 1. The van der Waals surface area contributed by atoms with Crippen LogP contribution in [0.5, 0.6) is 0 Å². The number of rotatable bonds is 6. The predicted molar refractivity (Wildman–Crippen MR) is 104 cm³/mol. The maximum absolute atomic E-state index is 12.6. The van der Waals surface area contributed by atoms with Crippen molar-refractivity contribution in [2.24, 2.45) is 0 Å². The molecule has 1 unspecified atom stereocenters. The van der Waals surface area contributed by atoms with Crippen LogP contribution in [0.15, 0.2) is 40.6 Å². The molecular weight excluding hydrogens is 368 g/mol. The van der Waals surface area contributed by atoms with Gasteiger partial charge in [-0.15, -0.1) is 11.3 Å². The third kappa shape index (κ3) is 4.16. The van der Waals surface area contributed by atoms with Crippen LogP contribution >= 0.6 is 11.3 Å². The molecule has 1 amide bonds. The fraction of sp³-hybridized carbons (Fsp3) is 0.421. The summed E-state index contributed by atoms with van der Waals surface area (Å²) < 4.78 is 27.4. The smallest absolute Gasteiger partial charge is 0.240 e. The molecule has 0 saturated carbocycles. The second-order valence-electron chi connectivity index (χ2n) is 6.65. The fourth-order valence-electron chi connectivity index (χ4n) is 3.24. The quantitative estimate of drug-likeness (QED) is 0.819. The summed E-state index contributed by atoms with van der Waals surface area (Å²) in [5.74, 6) is 0.00341. The van der Waals surface area contributed by atoms with Gasteiger partial charge in [-0.25, -0.2) is 13.1 Å². The van der Waals surface area contributed by atoms with E-state index in [0.29, 0.717) is 0 Å². The van der Waals surface area contributed by atoms with Gasteiger partial charge in [0.25, 0.3) is 0 Å². The summed E-state index contributed by atoms with van der Waals surface area (Å²) in [4.78, 5) is 15.9.